The Balaban J connectivity index is 1.83. The van der Waals surface area contributed by atoms with E-state index in [9.17, 15) is 19.2 Å². The molecular weight excluding hydrogens is 472 g/mol. The van der Waals surface area contributed by atoms with Gasteiger partial charge in [0.25, 0.3) is 0 Å². The average molecular weight is 515 g/mol. The quantitative estimate of drug-likeness (QED) is 0.375. The molecule has 9 nitrogen and oxygen atoms in total. The number of carbonyl (C=O) groups excluding carboxylic acids is 4. The van der Waals surface area contributed by atoms with Crippen molar-refractivity contribution < 1.29 is 23.9 Å². The highest BCUT2D eigenvalue weighted by molar-refractivity contribution is 5.98. The topological polar surface area (TPSA) is 119 Å². The summed E-state index contributed by atoms with van der Waals surface area (Å²) in [7, 11) is 0. The van der Waals surface area contributed by atoms with Crippen LogP contribution >= 0.6 is 0 Å². The Morgan fingerprint density at radius 2 is 1.89 bits per heavy atom. The number of esters is 1. The molecule has 2 heterocycles. The van der Waals surface area contributed by atoms with Gasteiger partial charge in [-0.25, -0.2) is 9.78 Å². The van der Waals surface area contributed by atoms with Crippen molar-refractivity contribution in [2.75, 3.05) is 13.2 Å². The Labute approximate surface area is 220 Å². The highest BCUT2D eigenvalue weighted by atomic mass is 16.5. The molecular formula is C28H42N4O5. The van der Waals surface area contributed by atoms with E-state index in [1.807, 2.05) is 34.6 Å². The zero-order chi connectivity index (χ0) is 27.3. The van der Waals surface area contributed by atoms with Crippen LogP contribution in [0.5, 0.6) is 0 Å². The first-order valence-corrected chi connectivity index (χ1v) is 13.6. The molecule has 6 atom stereocenters. The minimum atomic E-state index is -0.853. The number of fused-ring (bicyclic) bond motifs is 1. The molecule has 1 aliphatic carbocycles. The Bertz CT molecular complexity index is 977. The highest BCUT2D eigenvalue weighted by Gasteiger charge is 2.52. The Morgan fingerprint density at radius 1 is 1.16 bits per heavy atom. The van der Waals surface area contributed by atoms with Gasteiger partial charge in [-0.3, -0.25) is 19.4 Å². The second-order valence-electron chi connectivity index (χ2n) is 11.6. The van der Waals surface area contributed by atoms with Gasteiger partial charge in [-0.05, 0) is 42.9 Å². The van der Waals surface area contributed by atoms with E-state index in [1.54, 1.807) is 11.8 Å². The molecule has 2 fully saturated rings. The number of Topliss-reactive ketones (excluding diaryl/α,β-unsaturated/α-hetero) is 1. The number of nitrogens with one attached hydrogen (secondary N) is 1. The summed E-state index contributed by atoms with van der Waals surface area (Å²) in [5, 5.41) is 2.99. The Kier molecular flexibility index (Phi) is 9.42. The fourth-order valence-electron chi connectivity index (χ4n) is 5.71. The second-order valence-corrected chi connectivity index (χ2v) is 11.6. The summed E-state index contributed by atoms with van der Waals surface area (Å²) in [6.45, 7) is 12.1. The Hall–Kier alpha value is -2.84. The van der Waals surface area contributed by atoms with Crippen molar-refractivity contribution in [1.29, 1.82) is 0 Å². The third-order valence-electron chi connectivity index (χ3n) is 8.02. The van der Waals surface area contributed by atoms with Gasteiger partial charge < -0.3 is 15.0 Å². The van der Waals surface area contributed by atoms with Gasteiger partial charge in [-0.15, -0.1) is 0 Å². The van der Waals surface area contributed by atoms with Crippen LogP contribution in [0.15, 0.2) is 18.6 Å². The monoisotopic (exact) mass is 514 g/mol. The number of nitrogens with zero attached hydrogens (tertiary/aromatic N) is 3. The van der Waals surface area contributed by atoms with E-state index in [0.29, 0.717) is 13.0 Å². The molecule has 2 aliphatic rings. The predicted molar refractivity (Wildman–Crippen MR) is 138 cm³/mol. The molecule has 1 aliphatic heterocycles. The predicted octanol–water partition coefficient (Wildman–Crippen LogP) is 3.43. The van der Waals surface area contributed by atoms with Crippen molar-refractivity contribution in [3.8, 4) is 0 Å². The van der Waals surface area contributed by atoms with E-state index >= 15 is 0 Å². The SMILES string of the molecule is CCOC(=O)[C@@H]1[C@H]2CCC[C@H]2CN1C(=O)[C@@H](NC(=O)[C@@H](CC(=O)c1cnccn1)C(C)CC)C(C)(C)C. The van der Waals surface area contributed by atoms with Gasteiger partial charge in [0.1, 0.15) is 17.8 Å². The molecule has 1 N–H and O–H groups in total. The molecule has 0 spiro atoms. The zero-order valence-electron chi connectivity index (χ0n) is 23.0. The molecule has 204 valence electrons. The number of ketones is 1. The van der Waals surface area contributed by atoms with Crippen molar-refractivity contribution >= 4 is 23.6 Å². The molecule has 9 heteroatoms. The van der Waals surface area contributed by atoms with Crippen LogP contribution in [0, 0.1) is 29.1 Å². The fourth-order valence-corrected chi connectivity index (χ4v) is 5.71. The van der Waals surface area contributed by atoms with Crippen LogP contribution < -0.4 is 5.32 Å². The first-order chi connectivity index (χ1) is 17.5. The lowest BCUT2D eigenvalue weighted by Gasteiger charge is -2.37. The van der Waals surface area contributed by atoms with Crippen LogP contribution in [0.1, 0.15) is 84.1 Å². The van der Waals surface area contributed by atoms with Crippen molar-refractivity contribution in [2.45, 2.75) is 85.7 Å². The van der Waals surface area contributed by atoms with Crippen LogP contribution in [0.4, 0.5) is 0 Å². The van der Waals surface area contributed by atoms with Gasteiger partial charge >= 0.3 is 5.97 Å². The smallest absolute Gasteiger partial charge is 0.329 e. The fraction of sp³-hybridized carbons (Fsp3) is 0.714. The summed E-state index contributed by atoms with van der Waals surface area (Å²) in [6.07, 6.45) is 7.93. The molecule has 0 bridgehead atoms. The molecule has 1 saturated carbocycles. The number of hydrogen-bond acceptors (Lipinski definition) is 7. The van der Waals surface area contributed by atoms with Gasteiger partial charge in [0.15, 0.2) is 5.78 Å². The molecule has 3 rings (SSSR count). The molecule has 1 aromatic rings. The Morgan fingerprint density at radius 3 is 2.49 bits per heavy atom. The van der Waals surface area contributed by atoms with Crippen molar-refractivity contribution in [3.05, 3.63) is 24.3 Å². The molecule has 1 aromatic heterocycles. The number of amides is 2. The lowest BCUT2D eigenvalue weighted by atomic mass is 9.82. The van der Waals surface area contributed by atoms with Crippen LogP contribution in [0.3, 0.4) is 0 Å². The standard InChI is InChI=1S/C28H42N4O5/c1-7-17(3)20(14-22(33)21-15-29-12-13-30-21)25(34)31-24(28(4,5)6)26(35)32-16-18-10-9-11-19(18)23(32)27(36)37-8-2/h12-13,15,17-20,23-24H,7-11,14,16H2,1-6H3,(H,31,34)/t17?,18-,19-,20-,23-,24+/m0/s1. The lowest BCUT2D eigenvalue weighted by Crippen LogP contribution is -2.58. The summed E-state index contributed by atoms with van der Waals surface area (Å²) in [5.74, 6) is -1.59. The maximum Gasteiger partial charge on any atom is 0.329 e. The summed E-state index contributed by atoms with van der Waals surface area (Å²) in [6, 6.07) is -1.47. The highest BCUT2D eigenvalue weighted by Crippen LogP contribution is 2.43. The van der Waals surface area contributed by atoms with E-state index < -0.39 is 23.4 Å². The van der Waals surface area contributed by atoms with E-state index in [0.717, 1.165) is 19.3 Å². The van der Waals surface area contributed by atoms with Crippen molar-refractivity contribution in [2.24, 2.45) is 29.1 Å². The number of aromatic nitrogens is 2. The number of hydrogen-bond donors (Lipinski definition) is 1. The number of rotatable bonds is 10. The van der Waals surface area contributed by atoms with Gasteiger partial charge in [0.2, 0.25) is 11.8 Å². The first kappa shape index (κ1) is 28.7. The van der Waals surface area contributed by atoms with E-state index in [1.165, 1.54) is 18.6 Å². The zero-order valence-corrected chi connectivity index (χ0v) is 23.0. The average Bonchev–Trinajstić information content (AvgIpc) is 3.46. The van der Waals surface area contributed by atoms with Crippen LogP contribution in [-0.4, -0.2) is 63.7 Å². The van der Waals surface area contributed by atoms with Crippen LogP contribution in [-0.2, 0) is 19.1 Å². The molecule has 1 saturated heterocycles. The number of likely N-dealkylation sites (tertiary alicyclic amines) is 1. The summed E-state index contributed by atoms with van der Waals surface area (Å²) in [5.41, 5.74) is -0.397. The normalized spacial score (nSPS) is 23.6. The summed E-state index contributed by atoms with van der Waals surface area (Å²) < 4.78 is 5.36. The summed E-state index contributed by atoms with van der Waals surface area (Å²) in [4.78, 5) is 63.1. The molecule has 0 radical (unpaired) electrons. The van der Waals surface area contributed by atoms with Gasteiger partial charge in [0, 0.05) is 31.3 Å². The first-order valence-electron chi connectivity index (χ1n) is 13.6. The lowest BCUT2D eigenvalue weighted by molar-refractivity contribution is -0.156. The van der Waals surface area contributed by atoms with Gasteiger partial charge in [-0.1, -0.05) is 47.5 Å². The third-order valence-corrected chi connectivity index (χ3v) is 8.02. The van der Waals surface area contributed by atoms with Crippen molar-refractivity contribution in [3.63, 3.8) is 0 Å². The maximum atomic E-state index is 14.0. The largest absolute Gasteiger partial charge is 0.464 e. The van der Waals surface area contributed by atoms with Crippen molar-refractivity contribution in [1.82, 2.24) is 20.2 Å². The second kappa shape index (κ2) is 12.1. The maximum absolute atomic E-state index is 14.0. The molecule has 2 amide bonds. The molecule has 37 heavy (non-hydrogen) atoms. The molecule has 1 unspecified atom stereocenters. The van der Waals surface area contributed by atoms with E-state index in [-0.39, 0.29) is 60.0 Å². The van der Waals surface area contributed by atoms with Gasteiger partial charge in [-0.2, -0.15) is 0 Å². The number of carbonyl (C=O) groups is 4. The van der Waals surface area contributed by atoms with E-state index in [4.69, 9.17) is 4.74 Å². The number of ether oxygens (including phenoxy) is 1. The van der Waals surface area contributed by atoms with Gasteiger partial charge in [0.05, 0.1) is 12.8 Å². The van der Waals surface area contributed by atoms with Crippen LogP contribution in [0.2, 0.25) is 0 Å². The summed E-state index contributed by atoms with van der Waals surface area (Å²) >= 11 is 0. The van der Waals surface area contributed by atoms with E-state index in [2.05, 4.69) is 15.3 Å². The van der Waals surface area contributed by atoms with Crippen LogP contribution in [0.25, 0.3) is 0 Å². The minimum absolute atomic E-state index is 0.0239. The third kappa shape index (κ3) is 6.54. The minimum Gasteiger partial charge on any atom is -0.464 e. The molecule has 0 aromatic carbocycles.